The molecule has 0 saturated heterocycles. The molecule has 3 rings (SSSR count). The molecular weight excluding hydrogens is 456 g/mol. The monoisotopic (exact) mass is 494 g/mol. The van der Waals surface area contributed by atoms with Crippen molar-refractivity contribution in [2.75, 3.05) is 31.3 Å². The summed E-state index contributed by atoms with van der Waals surface area (Å²) in [6.45, 7) is 3.52. The zero-order chi connectivity index (χ0) is 25.8. The molecule has 2 aromatic carbocycles. The predicted molar refractivity (Wildman–Crippen MR) is 142 cm³/mol. The highest BCUT2D eigenvalue weighted by Gasteiger charge is 2.20. The minimum atomic E-state index is -0.482. The molecule has 0 bridgehead atoms. The summed E-state index contributed by atoms with van der Waals surface area (Å²) in [6.07, 6.45) is 10.7. The number of nitrogen functional groups attached to an aromatic ring is 2. The fourth-order valence-corrected chi connectivity index (χ4v) is 4.33. The lowest BCUT2D eigenvalue weighted by Crippen LogP contribution is -2.19. The van der Waals surface area contributed by atoms with Gasteiger partial charge in [-0.3, -0.25) is 0 Å². The number of carbonyl (C=O) groups excluding carboxylic acids is 2. The number of esters is 2. The Kier molecular flexibility index (Phi) is 10.7. The molecule has 7 heteroatoms. The standard InChI is InChI=1S/C29H38N2O5/c1-2-21-5-7-23(8-6-21)20-36-27-12-9-22(10-13-27)11-14-28(32)34-15-3-4-16-35-29(33)24-17-25(30)19-26(31)18-24/h9-14,17-19,21,23H,2-8,15-16,20,30-31H2,1H3/b14-11+. The fraction of sp³-hybridized carbons (Fsp3) is 0.448. The zero-order valence-corrected chi connectivity index (χ0v) is 21.1. The van der Waals surface area contributed by atoms with Crippen molar-refractivity contribution < 1.29 is 23.8 Å². The number of benzene rings is 2. The Labute approximate surface area is 213 Å². The van der Waals surface area contributed by atoms with E-state index in [-0.39, 0.29) is 13.2 Å². The van der Waals surface area contributed by atoms with Crippen LogP contribution in [0.4, 0.5) is 11.4 Å². The molecular formula is C29H38N2O5. The Morgan fingerprint density at radius 2 is 1.50 bits per heavy atom. The van der Waals surface area contributed by atoms with E-state index in [4.69, 9.17) is 25.7 Å². The number of ether oxygens (including phenoxy) is 3. The first kappa shape index (κ1) is 27.1. The summed E-state index contributed by atoms with van der Waals surface area (Å²) in [7, 11) is 0. The second kappa shape index (κ2) is 14.2. The number of carbonyl (C=O) groups is 2. The maximum atomic E-state index is 12.0. The van der Waals surface area contributed by atoms with Crippen molar-refractivity contribution in [2.45, 2.75) is 51.9 Å². The normalized spacial score (nSPS) is 17.6. The van der Waals surface area contributed by atoms with Crippen LogP contribution in [0.5, 0.6) is 5.75 Å². The van der Waals surface area contributed by atoms with Crippen LogP contribution in [0.1, 0.15) is 67.8 Å². The summed E-state index contributed by atoms with van der Waals surface area (Å²) in [5, 5.41) is 0. The molecule has 0 atom stereocenters. The molecule has 1 aliphatic carbocycles. The number of anilines is 2. The van der Waals surface area contributed by atoms with Gasteiger partial charge in [0.2, 0.25) is 0 Å². The molecule has 2 aromatic rings. The first-order valence-electron chi connectivity index (χ1n) is 12.8. The Morgan fingerprint density at radius 1 is 0.889 bits per heavy atom. The summed E-state index contributed by atoms with van der Waals surface area (Å²) in [5.74, 6) is 1.50. The Balaban J connectivity index is 1.27. The third-order valence-corrected chi connectivity index (χ3v) is 6.55. The summed E-state index contributed by atoms with van der Waals surface area (Å²) in [5.41, 5.74) is 13.4. The number of unbranched alkanes of at least 4 members (excludes halogenated alkanes) is 1. The maximum absolute atomic E-state index is 12.0. The van der Waals surface area contributed by atoms with E-state index in [1.54, 1.807) is 12.1 Å². The largest absolute Gasteiger partial charge is 0.493 e. The van der Waals surface area contributed by atoms with Crippen LogP contribution in [0, 0.1) is 11.8 Å². The van der Waals surface area contributed by atoms with E-state index in [0.29, 0.717) is 35.7 Å². The van der Waals surface area contributed by atoms with E-state index in [2.05, 4.69) is 6.92 Å². The van der Waals surface area contributed by atoms with Crippen LogP contribution >= 0.6 is 0 Å². The van der Waals surface area contributed by atoms with Crippen molar-refractivity contribution in [3.8, 4) is 5.75 Å². The topological polar surface area (TPSA) is 114 Å². The molecule has 1 aliphatic rings. The van der Waals surface area contributed by atoms with Crippen LogP contribution in [0.3, 0.4) is 0 Å². The summed E-state index contributed by atoms with van der Waals surface area (Å²) >= 11 is 0. The number of hydrogen-bond donors (Lipinski definition) is 2. The molecule has 0 aliphatic heterocycles. The molecule has 4 N–H and O–H groups in total. The van der Waals surface area contributed by atoms with Crippen LogP contribution in [0.25, 0.3) is 6.08 Å². The minimum Gasteiger partial charge on any atom is -0.493 e. The van der Waals surface area contributed by atoms with E-state index in [1.165, 1.54) is 50.3 Å². The van der Waals surface area contributed by atoms with Gasteiger partial charge in [0.15, 0.2) is 0 Å². The highest BCUT2D eigenvalue weighted by molar-refractivity contribution is 5.91. The van der Waals surface area contributed by atoms with Gasteiger partial charge >= 0.3 is 11.9 Å². The van der Waals surface area contributed by atoms with Gasteiger partial charge in [-0.15, -0.1) is 0 Å². The lowest BCUT2D eigenvalue weighted by molar-refractivity contribution is -0.137. The number of rotatable bonds is 12. The Morgan fingerprint density at radius 3 is 2.14 bits per heavy atom. The molecule has 0 heterocycles. The fourth-order valence-electron chi connectivity index (χ4n) is 4.33. The van der Waals surface area contributed by atoms with E-state index in [0.717, 1.165) is 23.8 Å². The van der Waals surface area contributed by atoms with E-state index >= 15 is 0 Å². The van der Waals surface area contributed by atoms with Crippen molar-refractivity contribution in [3.05, 3.63) is 59.7 Å². The molecule has 194 valence electrons. The molecule has 0 spiro atoms. The van der Waals surface area contributed by atoms with Crippen molar-refractivity contribution in [1.29, 1.82) is 0 Å². The van der Waals surface area contributed by atoms with Crippen LogP contribution in [0.15, 0.2) is 48.5 Å². The van der Waals surface area contributed by atoms with Crippen molar-refractivity contribution in [1.82, 2.24) is 0 Å². The zero-order valence-electron chi connectivity index (χ0n) is 21.1. The van der Waals surface area contributed by atoms with Crippen molar-refractivity contribution >= 4 is 29.4 Å². The molecule has 1 fully saturated rings. The first-order valence-corrected chi connectivity index (χ1v) is 12.8. The van der Waals surface area contributed by atoms with Gasteiger partial charge in [0.25, 0.3) is 0 Å². The molecule has 36 heavy (non-hydrogen) atoms. The van der Waals surface area contributed by atoms with Gasteiger partial charge in [0, 0.05) is 17.5 Å². The maximum Gasteiger partial charge on any atom is 0.338 e. The average Bonchev–Trinajstić information content (AvgIpc) is 2.88. The molecule has 0 aromatic heterocycles. The lowest BCUT2D eigenvalue weighted by atomic mass is 9.81. The van der Waals surface area contributed by atoms with Gasteiger partial charge in [-0.1, -0.05) is 38.3 Å². The van der Waals surface area contributed by atoms with Gasteiger partial charge in [-0.25, -0.2) is 9.59 Å². The highest BCUT2D eigenvalue weighted by atomic mass is 16.5. The quantitative estimate of drug-likeness (QED) is 0.170. The van der Waals surface area contributed by atoms with E-state index < -0.39 is 11.9 Å². The van der Waals surface area contributed by atoms with Crippen molar-refractivity contribution in [3.63, 3.8) is 0 Å². The number of hydrogen-bond acceptors (Lipinski definition) is 7. The van der Waals surface area contributed by atoms with Gasteiger partial charge in [0.1, 0.15) is 5.75 Å². The average molecular weight is 495 g/mol. The second-order valence-electron chi connectivity index (χ2n) is 9.41. The first-order chi connectivity index (χ1) is 17.4. The number of nitrogens with two attached hydrogens (primary N) is 2. The second-order valence-corrected chi connectivity index (χ2v) is 9.41. The van der Waals surface area contributed by atoms with Crippen LogP contribution in [-0.2, 0) is 14.3 Å². The summed E-state index contributed by atoms with van der Waals surface area (Å²) < 4.78 is 16.4. The lowest BCUT2D eigenvalue weighted by Gasteiger charge is -2.27. The Bertz CT molecular complexity index is 991. The third kappa shape index (κ3) is 9.29. The molecule has 0 amide bonds. The van der Waals surface area contributed by atoms with Gasteiger partial charge in [-0.05, 0) is 79.5 Å². The van der Waals surface area contributed by atoms with Gasteiger partial charge in [-0.2, -0.15) is 0 Å². The smallest absolute Gasteiger partial charge is 0.338 e. The molecule has 0 unspecified atom stereocenters. The third-order valence-electron chi connectivity index (χ3n) is 6.55. The van der Waals surface area contributed by atoms with E-state index in [1.807, 2.05) is 24.3 Å². The van der Waals surface area contributed by atoms with Crippen molar-refractivity contribution in [2.24, 2.45) is 11.8 Å². The van der Waals surface area contributed by atoms with Gasteiger partial charge in [0.05, 0.1) is 25.4 Å². The molecule has 0 radical (unpaired) electrons. The van der Waals surface area contributed by atoms with Crippen LogP contribution < -0.4 is 16.2 Å². The molecule has 7 nitrogen and oxygen atoms in total. The van der Waals surface area contributed by atoms with Crippen LogP contribution in [-0.4, -0.2) is 31.8 Å². The summed E-state index contributed by atoms with van der Waals surface area (Å²) in [6, 6.07) is 12.3. The van der Waals surface area contributed by atoms with Gasteiger partial charge < -0.3 is 25.7 Å². The van der Waals surface area contributed by atoms with E-state index in [9.17, 15) is 9.59 Å². The summed E-state index contributed by atoms with van der Waals surface area (Å²) in [4.78, 5) is 24.0. The predicted octanol–water partition coefficient (Wildman–Crippen LogP) is 5.64. The minimum absolute atomic E-state index is 0.218. The van der Waals surface area contributed by atoms with Crippen LogP contribution in [0.2, 0.25) is 0 Å². The Hall–Kier alpha value is -3.48. The SMILES string of the molecule is CCC1CCC(COc2ccc(/C=C/C(=O)OCCCCOC(=O)c3cc(N)cc(N)c3)cc2)CC1. The highest BCUT2D eigenvalue weighted by Crippen LogP contribution is 2.31. The molecule has 1 saturated carbocycles.